The van der Waals surface area contributed by atoms with Gasteiger partial charge in [0, 0.05) is 12.6 Å². The molecule has 2 heteroatoms. The van der Waals surface area contributed by atoms with E-state index in [-0.39, 0.29) is 12.6 Å². The van der Waals surface area contributed by atoms with Gasteiger partial charge in [0.25, 0.3) is 0 Å². The lowest BCUT2D eigenvalue weighted by molar-refractivity contribution is 0.299. The van der Waals surface area contributed by atoms with Gasteiger partial charge in [-0.1, -0.05) is 24.3 Å². The van der Waals surface area contributed by atoms with Crippen molar-refractivity contribution in [1.82, 2.24) is 0 Å². The Morgan fingerprint density at radius 3 is 2.67 bits per heavy atom. The van der Waals surface area contributed by atoms with Crippen LogP contribution in [-0.2, 0) is 6.42 Å². The Kier molecular flexibility index (Phi) is 3.26. The Labute approximate surface area is 73.0 Å². The Morgan fingerprint density at radius 1 is 1.42 bits per heavy atom. The van der Waals surface area contributed by atoms with Crippen LogP contribution in [0.2, 0.25) is 0 Å². The van der Waals surface area contributed by atoms with Gasteiger partial charge in [-0.25, -0.2) is 0 Å². The second-order valence-electron chi connectivity index (χ2n) is 2.96. The first-order valence-electron chi connectivity index (χ1n) is 4.20. The number of aliphatic hydroxyl groups is 1. The van der Waals surface area contributed by atoms with E-state index in [1.54, 1.807) is 0 Å². The lowest BCUT2D eigenvalue weighted by atomic mass is 10.0. The zero-order chi connectivity index (χ0) is 8.97. The molecule has 1 aromatic carbocycles. The van der Waals surface area contributed by atoms with Gasteiger partial charge in [-0.05, 0) is 24.5 Å². The fraction of sp³-hybridized carbons (Fsp3) is 0.400. The predicted octanol–water partition coefficient (Wildman–Crippen LogP) is 1.24. The lowest BCUT2D eigenvalue weighted by Crippen LogP contribution is -2.08. The van der Waals surface area contributed by atoms with E-state index in [1.807, 2.05) is 31.2 Å². The van der Waals surface area contributed by atoms with Gasteiger partial charge in [0.05, 0.1) is 0 Å². The molecule has 1 rings (SSSR count). The van der Waals surface area contributed by atoms with Crippen LogP contribution in [0, 0.1) is 0 Å². The first-order chi connectivity index (χ1) is 5.75. The van der Waals surface area contributed by atoms with Gasteiger partial charge in [-0.2, -0.15) is 0 Å². The van der Waals surface area contributed by atoms with Crippen LogP contribution < -0.4 is 5.73 Å². The highest BCUT2D eigenvalue weighted by atomic mass is 16.2. The van der Waals surface area contributed by atoms with Crippen LogP contribution in [0.3, 0.4) is 0 Å². The lowest BCUT2D eigenvalue weighted by Gasteiger charge is -2.10. The zero-order valence-corrected chi connectivity index (χ0v) is 7.33. The number of hydrogen-bond acceptors (Lipinski definition) is 2. The van der Waals surface area contributed by atoms with E-state index >= 15 is 0 Å². The first kappa shape index (κ1) is 9.23. The molecule has 0 aliphatic heterocycles. The summed E-state index contributed by atoms with van der Waals surface area (Å²) >= 11 is 0. The molecule has 0 radical (unpaired) electrons. The predicted molar refractivity (Wildman–Crippen MR) is 49.8 cm³/mol. The van der Waals surface area contributed by atoms with E-state index in [4.69, 9.17) is 10.8 Å². The molecule has 1 aromatic rings. The quantitative estimate of drug-likeness (QED) is 0.708. The third-order valence-electron chi connectivity index (χ3n) is 1.93. The van der Waals surface area contributed by atoms with Crippen LogP contribution >= 0.6 is 0 Å². The zero-order valence-electron chi connectivity index (χ0n) is 7.33. The van der Waals surface area contributed by atoms with Gasteiger partial charge >= 0.3 is 0 Å². The van der Waals surface area contributed by atoms with Crippen LogP contribution in [0.4, 0.5) is 0 Å². The van der Waals surface area contributed by atoms with Crippen LogP contribution in [0.5, 0.6) is 0 Å². The molecule has 3 N–H and O–H groups in total. The topological polar surface area (TPSA) is 46.2 Å². The summed E-state index contributed by atoms with van der Waals surface area (Å²) < 4.78 is 0. The van der Waals surface area contributed by atoms with Crippen molar-refractivity contribution in [3.05, 3.63) is 35.4 Å². The summed E-state index contributed by atoms with van der Waals surface area (Å²) in [5.41, 5.74) is 8.04. The van der Waals surface area contributed by atoms with Crippen molar-refractivity contribution < 1.29 is 5.11 Å². The molecule has 0 heterocycles. The SMILES string of the molecule is C[C@H](N)c1ccccc1CCO. The Morgan fingerprint density at radius 2 is 2.08 bits per heavy atom. The third-order valence-corrected chi connectivity index (χ3v) is 1.93. The number of nitrogens with two attached hydrogens (primary N) is 1. The molecule has 12 heavy (non-hydrogen) atoms. The van der Waals surface area contributed by atoms with Gasteiger partial charge in [0.2, 0.25) is 0 Å². The third kappa shape index (κ3) is 2.06. The van der Waals surface area contributed by atoms with Crippen LogP contribution in [0.15, 0.2) is 24.3 Å². The summed E-state index contributed by atoms with van der Waals surface area (Å²) in [7, 11) is 0. The molecule has 0 aliphatic rings. The Balaban J connectivity index is 2.92. The fourth-order valence-corrected chi connectivity index (χ4v) is 1.33. The smallest absolute Gasteiger partial charge is 0.0471 e. The molecule has 0 amide bonds. The summed E-state index contributed by atoms with van der Waals surface area (Å²) in [5, 5.41) is 8.79. The highest BCUT2D eigenvalue weighted by molar-refractivity contribution is 5.29. The van der Waals surface area contributed by atoms with Gasteiger partial charge in [-0.15, -0.1) is 0 Å². The molecule has 0 fully saturated rings. The number of benzene rings is 1. The van der Waals surface area contributed by atoms with Crippen molar-refractivity contribution in [3.8, 4) is 0 Å². The van der Waals surface area contributed by atoms with E-state index in [1.165, 1.54) is 0 Å². The van der Waals surface area contributed by atoms with Crippen molar-refractivity contribution in [1.29, 1.82) is 0 Å². The van der Waals surface area contributed by atoms with Gasteiger partial charge in [-0.3, -0.25) is 0 Å². The van der Waals surface area contributed by atoms with E-state index in [0.717, 1.165) is 11.1 Å². The van der Waals surface area contributed by atoms with Gasteiger partial charge in [0.15, 0.2) is 0 Å². The molecule has 1 atom stereocenters. The van der Waals surface area contributed by atoms with Crippen LogP contribution in [0.1, 0.15) is 24.1 Å². The van der Waals surface area contributed by atoms with Crippen molar-refractivity contribution in [2.24, 2.45) is 5.73 Å². The van der Waals surface area contributed by atoms with Gasteiger partial charge in [0.1, 0.15) is 0 Å². The molecule has 66 valence electrons. The number of hydrogen-bond donors (Lipinski definition) is 2. The summed E-state index contributed by atoms with van der Waals surface area (Å²) in [6.45, 7) is 2.14. The standard InChI is InChI=1S/C10H15NO/c1-8(11)10-5-3-2-4-9(10)6-7-12/h2-5,8,12H,6-7,11H2,1H3/t8-/m0/s1. The molecule has 0 bridgehead atoms. The van der Waals surface area contributed by atoms with Crippen LogP contribution in [-0.4, -0.2) is 11.7 Å². The molecule has 2 nitrogen and oxygen atoms in total. The maximum atomic E-state index is 8.79. The second-order valence-corrected chi connectivity index (χ2v) is 2.96. The van der Waals surface area contributed by atoms with Crippen LogP contribution in [0.25, 0.3) is 0 Å². The van der Waals surface area contributed by atoms with E-state index < -0.39 is 0 Å². The Hall–Kier alpha value is -0.860. The highest BCUT2D eigenvalue weighted by Gasteiger charge is 2.04. The minimum Gasteiger partial charge on any atom is -0.396 e. The van der Waals surface area contributed by atoms with Crippen molar-refractivity contribution in [2.75, 3.05) is 6.61 Å². The summed E-state index contributed by atoms with van der Waals surface area (Å²) in [6.07, 6.45) is 0.692. The maximum Gasteiger partial charge on any atom is 0.0471 e. The largest absolute Gasteiger partial charge is 0.396 e. The molecule has 0 saturated carbocycles. The average molecular weight is 165 g/mol. The first-order valence-corrected chi connectivity index (χ1v) is 4.20. The van der Waals surface area contributed by atoms with Crippen molar-refractivity contribution in [2.45, 2.75) is 19.4 Å². The molecular formula is C10H15NO. The Bertz CT molecular complexity index is 245. The maximum absolute atomic E-state index is 8.79. The summed E-state index contributed by atoms with van der Waals surface area (Å²) in [5.74, 6) is 0. The summed E-state index contributed by atoms with van der Waals surface area (Å²) in [4.78, 5) is 0. The van der Waals surface area contributed by atoms with Crippen molar-refractivity contribution >= 4 is 0 Å². The summed E-state index contributed by atoms with van der Waals surface area (Å²) in [6, 6.07) is 8.01. The molecular weight excluding hydrogens is 150 g/mol. The highest BCUT2D eigenvalue weighted by Crippen LogP contribution is 2.15. The molecule has 0 spiro atoms. The van der Waals surface area contributed by atoms with E-state index in [0.29, 0.717) is 6.42 Å². The van der Waals surface area contributed by atoms with Crippen molar-refractivity contribution in [3.63, 3.8) is 0 Å². The molecule has 0 saturated heterocycles. The van der Waals surface area contributed by atoms with E-state index in [2.05, 4.69) is 0 Å². The van der Waals surface area contributed by atoms with Gasteiger partial charge < -0.3 is 10.8 Å². The number of rotatable bonds is 3. The average Bonchev–Trinajstić information content (AvgIpc) is 2.05. The fourth-order valence-electron chi connectivity index (χ4n) is 1.33. The monoisotopic (exact) mass is 165 g/mol. The second kappa shape index (κ2) is 4.24. The normalized spacial score (nSPS) is 12.9. The minimum absolute atomic E-state index is 0.0488. The molecule has 0 aromatic heterocycles. The van der Waals surface area contributed by atoms with E-state index in [9.17, 15) is 0 Å². The minimum atomic E-state index is 0.0488. The molecule has 0 unspecified atom stereocenters. The molecule has 0 aliphatic carbocycles. The number of aliphatic hydroxyl groups excluding tert-OH is 1.